The van der Waals surface area contributed by atoms with Crippen molar-refractivity contribution in [3.05, 3.63) is 23.8 Å². The summed E-state index contributed by atoms with van der Waals surface area (Å²) in [6.45, 7) is 2.91. The maximum absolute atomic E-state index is 5.64. The maximum Gasteiger partial charge on any atom is 0.183 e. The summed E-state index contributed by atoms with van der Waals surface area (Å²) in [5, 5.41) is 0. The van der Waals surface area contributed by atoms with Gasteiger partial charge in [0.15, 0.2) is 17.8 Å². The molecule has 1 fully saturated rings. The fourth-order valence-electron chi connectivity index (χ4n) is 2.01. The average molecular weight is 236 g/mol. The topological polar surface area (TPSA) is 36.9 Å². The Morgan fingerprint density at radius 3 is 2.35 bits per heavy atom. The second kappa shape index (κ2) is 4.94. The largest absolute Gasteiger partial charge is 0.490 e. The van der Waals surface area contributed by atoms with Crippen LogP contribution in [0.1, 0.15) is 24.7 Å². The quantitative estimate of drug-likeness (QED) is 0.749. The first kappa shape index (κ1) is 10.9. The van der Waals surface area contributed by atoms with Gasteiger partial charge < -0.3 is 18.9 Å². The van der Waals surface area contributed by atoms with E-state index in [1.807, 2.05) is 18.2 Å². The molecule has 0 atom stereocenters. The molecule has 0 radical (unpaired) electrons. The molecule has 4 nitrogen and oxygen atoms in total. The molecule has 2 aliphatic rings. The van der Waals surface area contributed by atoms with E-state index in [1.54, 1.807) is 0 Å². The molecule has 92 valence electrons. The molecule has 1 aromatic rings. The Kier molecular flexibility index (Phi) is 3.16. The van der Waals surface area contributed by atoms with E-state index in [0.717, 1.165) is 43.1 Å². The molecule has 0 amide bonds. The van der Waals surface area contributed by atoms with Gasteiger partial charge >= 0.3 is 0 Å². The molecule has 17 heavy (non-hydrogen) atoms. The van der Waals surface area contributed by atoms with Crippen LogP contribution >= 0.6 is 0 Å². The van der Waals surface area contributed by atoms with Crippen molar-refractivity contribution in [1.82, 2.24) is 0 Å². The minimum atomic E-state index is -0.263. The second-order valence-corrected chi connectivity index (χ2v) is 4.18. The zero-order chi connectivity index (χ0) is 11.5. The zero-order valence-corrected chi connectivity index (χ0v) is 9.69. The van der Waals surface area contributed by atoms with E-state index >= 15 is 0 Å². The molecule has 2 aliphatic heterocycles. The standard InChI is InChI=1S/C13H16O4/c1-5-14-11-4-3-10(9-12(11)15-6-1)13-16-7-2-8-17-13/h3-4,9,13H,1-2,5-8H2. The Hall–Kier alpha value is -1.26. The summed E-state index contributed by atoms with van der Waals surface area (Å²) in [5.41, 5.74) is 0.994. The lowest BCUT2D eigenvalue weighted by molar-refractivity contribution is -0.183. The van der Waals surface area contributed by atoms with Crippen molar-refractivity contribution in [3.8, 4) is 11.5 Å². The molecule has 0 aromatic heterocycles. The molecule has 2 heterocycles. The average Bonchev–Trinajstić information content (AvgIpc) is 2.64. The van der Waals surface area contributed by atoms with Gasteiger partial charge in [0.2, 0.25) is 0 Å². The van der Waals surface area contributed by atoms with Gasteiger partial charge in [-0.1, -0.05) is 6.07 Å². The molecular weight excluding hydrogens is 220 g/mol. The summed E-state index contributed by atoms with van der Waals surface area (Å²) in [6, 6.07) is 5.86. The normalized spacial score (nSPS) is 20.9. The Morgan fingerprint density at radius 1 is 0.824 bits per heavy atom. The van der Waals surface area contributed by atoms with Gasteiger partial charge in [-0.3, -0.25) is 0 Å². The predicted octanol–water partition coefficient (Wildman–Crippen LogP) is 2.28. The molecule has 4 heteroatoms. The molecule has 1 aromatic carbocycles. The molecule has 3 rings (SSSR count). The zero-order valence-electron chi connectivity index (χ0n) is 9.69. The first-order valence-corrected chi connectivity index (χ1v) is 6.06. The smallest absolute Gasteiger partial charge is 0.183 e. The highest BCUT2D eigenvalue weighted by Gasteiger charge is 2.19. The number of fused-ring (bicyclic) bond motifs is 1. The van der Waals surface area contributed by atoms with Crippen molar-refractivity contribution in [2.24, 2.45) is 0 Å². The summed E-state index contributed by atoms with van der Waals surface area (Å²) < 4.78 is 22.4. The van der Waals surface area contributed by atoms with Gasteiger partial charge in [0.05, 0.1) is 26.4 Å². The molecule has 0 N–H and O–H groups in total. The molecule has 0 aliphatic carbocycles. The molecular formula is C13H16O4. The Bertz CT molecular complexity index is 385. The lowest BCUT2D eigenvalue weighted by Crippen LogP contribution is -2.17. The number of benzene rings is 1. The summed E-state index contributed by atoms with van der Waals surface area (Å²) >= 11 is 0. The van der Waals surface area contributed by atoms with E-state index in [-0.39, 0.29) is 6.29 Å². The van der Waals surface area contributed by atoms with Crippen LogP contribution < -0.4 is 9.47 Å². The first-order valence-electron chi connectivity index (χ1n) is 6.06. The molecule has 1 saturated heterocycles. The van der Waals surface area contributed by atoms with Crippen LogP contribution in [0.5, 0.6) is 11.5 Å². The minimum absolute atomic E-state index is 0.263. The predicted molar refractivity (Wildman–Crippen MR) is 61.3 cm³/mol. The van der Waals surface area contributed by atoms with Gasteiger partial charge in [-0.25, -0.2) is 0 Å². The van der Waals surface area contributed by atoms with E-state index in [2.05, 4.69) is 0 Å². The van der Waals surface area contributed by atoms with Gasteiger partial charge in [0.1, 0.15) is 0 Å². The van der Waals surface area contributed by atoms with Crippen molar-refractivity contribution in [2.75, 3.05) is 26.4 Å². The monoisotopic (exact) mass is 236 g/mol. The van der Waals surface area contributed by atoms with Crippen molar-refractivity contribution >= 4 is 0 Å². The molecule has 0 saturated carbocycles. The summed E-state index contributed by atoms with van der Waals surface area (Å²) in [5.74, 6) is 1.60. The van der Waals surface area contributed by atoms with Crippen LogP contribution in [0.25, 0.3) is 0 Å². The van der Waals surface area contributed by atoms with Gasteiger partial charge in [0, 0.05) is 12.0 Å². The first-order chi connectivity index (χ1) is 8.43. The lowest BCUT2D eigenvalue weighted by Gasteiger charge is -2.24. The van der Waals surface area contributed by atoms with Crippen LogP contribution in [0.15, 0.2) is 18.2 Å². The second-order valence-electron chi connectivity index (χ2n) is 4.18. The van der Waals surface area contributed by atoms with Crippen molar-refractivity contribution in [1.29, 1.82) is 0 Å². The minimum Gasteiger partial charge on any atom is -0.490 e. The fraction of sp³-hybridized carbons (Fsp3) is 0.538. The van der Waals surface area contributed by atoms with Crippen LogP contribution in [0, 0.1) is 0 Å². The highest BCUT2D eigenvalue weighted by molar-refractivity contribution is 5.43. The third kappa shape index (κ3) is 2.37. The molecule has 0 spiro atoms. The highest BCUT2D eigenvalue weighted by Crippen LogP contribution is 2.34. The van der Waals surface area contributed by atoms with Crippen LogP contribution in [0.3, 0.4) is 0 Å². The SMILES string of the molecule is c1cc2c(cc1C1OCCCO1)OCCCO2. The third-order valence-electron chi connectivity index (χ3n) is 2.87. The van der Waals surface area contributed by atoms with E-state index in [4.69, 9.17) is 18.9 Å². The van der Waals surface area contributed by atoms with Crippen LogP contribution in [0.4, 0.5) is 0 Å². The molecule has 0 unspecified atom stereocenters. The summed E-state index contributed by atoms with van der Waals surface area (Å²) in [6.07, 6.45) is 1.61. The number of hydrogen-bond donors (Lipinski definition) is 0. The summed E-state index contributed by atoms with van der Waals surface area (Å²) in [4.78, 5) is 0. The number of ether oxygens (including phenoxy) is 4. The van der Waals surface area contributed by atoms with E-state index in [0.29, 0.717) is 13.2 Å². The van der Waals surface area contributed by atoms with E-state index in [1.165, 1.54) is 0 Å². The van der Waals surface area contributed by atoms with Crippen LogP contribution in [-0.4, -0.2) is 26.4 Å². The van der Waals surface area contributed by atoms with Gasteiger partial charge in [0.25, 0.3) is 0 Å². The Morgan fingerprint density at radius 2 is 1.53 bits per heavy atom. The van der Waals surface area contributed by atoms with E-state index < -0.39 is 0 Å². The van der Waals surface area contributed by atoms with E-state index in [9.17, 15) is 0 Å². The van der Waals surface area contributed by atoms with Crippen molar-refractivity contribution < 1.29 is 18.9 Å². The Labute approximate surface area is 100 Å². The van der Waals surface area contributed by atoms with Gasteiger partial charge in [-0.15, -0.1) is 0 Å². The van der Waals surface area contributed by atoms with Gasteiger partial charge in [-0.05, 0) is 18.6 Å². The maximum atomic E-state index is 5.64. The third-order valence-corrected chi connectivity index (χ3v) is 2.87. The van der Waals surface area contributed by atoms with Crippen LogP contribution in [0.2, 0.25) is 0 Å². The highest BCUT2D eigenvalue weighted by atomic mass is 16.7. The van der Waals surface area contributed by atoms with Crippen LogP contribution in [-0.2, 0) is 9.47 Å². The summed E-state index contributed by atoms with van der Waals surface area (Å²) in [7, 11) is 0. The Balaban J connectivity index is 1.83. The lowest BCUT2D eigenvalue weighted by atomic mass is 10.2. The van der Waals surface area contributed by atoms with Gasteiger partial charge in [-0.2, -0.15) is 0 Å². The van der Waals surface area contributed by atoms with Crippen molar-refractivity contribution in [2.45, 2.75) is 19.1 Å². The molecule has 0 bridgehead atoms. The fourth-order valence-corrected chi connectivity index (χ4v) is 2.01. The van der Waals surface area contributed by atoms with Crippen molar-refractivity contribution in [3.63, 3.8) is 0 Å². The number of hydrogen-bond acceptors (Lipinski definition) is 4. The number of rotatable bonds is 1.